The quantitative estimate of drug-likeness (QED) is 0.263. The zero-order valence-electron chi connectivity index (χ0n) is 25.0. The largest absolute Gasteiger partial charge is 0.494 e. The van der Waals surface area contributed by atoms with Crippen LogP contribution in [-0.2, 0) is 17.6 Å². The van der Waals surface area contributed by atoms with Gasteiger partial charge in [-0.25, -0.2) is 4.39 Å². The lowest BCUT2D eigenvalue weighted by Crippen LogP contribution is -2.25. The molecule has 7 heteroatoms. The first-order valence-corrected chi connectivity index (χ1v) is 14.7. The zero-order valence-corrected chi connectivity index (χ0v) is 25.0. The van der Waals surface area contributed by atoms with E-state index < -0.39 is 0 Å². The molecule has 0 amide bonds. The van der Waals surface area contributed by atoms with Crippen LogP contribution < -0.4 is 19.5 Å². The number of fused-ring (bicyclic) bond motifs is 1. The first-order chi connectivity index (χ1) is 19.9. The van der Waals surface area contributed by atoms with Gasteiger partial charge in [-0.1, -0.05) is 50.6 Å². The molecule has 0 unspecified atom stereocenters. The summed E-state index contributed by atoms with van der Waals surface area (Å²) in [6.07, 6.45) is 4.81. The van der Waals surface area contributed by atoms with E-state index in [-0.39, 0.29) is 24.6 Å². The van der Waals surface area contributed by atoms with Crippen LogP contribution in [-0.4, -0.2) is 44.7 Å². The third kappa shape index (κ3) is 7.20. The lowest BCUT2D eigenvalue weighted by Gasteiger charge is -2.22. The summed E-state index contributed by atoms with van der Waals surface area (Å²) in [5.41, 5.74) is 7.28. The Kier molecular flexibility index (Phi) is 10.6. The maximum atomic E-state index is 14.7. The lowest BCUT2D eigenvalue weighted by atomic mass is 9.93. The van der Waals surface area contributed by atoms with Gasteiger partial charge >= 0.3 is 0 Å². The molecule has 2 atom stereocenters. The van der Waals surface area contributed by atoms with Crippen molar-refractivity contribution < 1.29 is 23.4 Å². The number of anilines is 1. The van der Waals surface area contributed by atoms with Crippen molar-refractivity contribution in [3.63, 3.8) is 0 Å². The fourth-order valence-corrected chi connectivity index (χ4v) is 5.85. The number of likely N-dealkylation sites (tertiary alicyclic amines) is 1. The Balaban J connectivity index is 0.000000251. The average Bonchev–Trinajstić information content (AvgIpc) is 3.62. The van der Waals surface area contributed by atoms with Gasteiger partial charge in [0.15, 0.2) is 11.5 Å². The summed E-state index contributed by atoms with van der Waals surface area (Å²) in [6, 6.07) is 15.7. The standard InChI is InChI=1S/C22H24FNO4.C12H19N/c1-2-9-26-17-5-3-15(4-6-17)20-10-16(13-24(20)7-8-25)18-11-21-22(12-19(18)23)28-14-27-21;1-5-10-7-9(3)8-11(6-2)12(10)13-4/h3-6,8,11-12,16,20H,2,7,9-10,13-14H2,1H3;7-8,13H,5-6H2,1-4H3/t16-,20-;/m1./s1. The maximum absolute atomic E-state index is 14.7. The van der Waals surface area contributed by atoms with Gasteiger partial charge in [-0.2, -0.15) is 0 Å². The first-order valence-electron chi connectivity index (χ1n) is 14.7. The summed E-state index contributed by atoms with van der Waals surface area (Å²) in [5.74, 6) is 1.56. The number of hydrogen-bond donors (Lipinski definition) is 1. The van der Waals surface area contributed by atoms with E-state index in [0.717, 1.165) is 43.3 Å². The van der Waals surface area contributed by atoms with Crippen LogP contribution >= 0.6 is 0 Å². The predicted molar refractivity (Wildman–Crippen MR) is 162 cm³/mol. The van der Waals surface area contributed by atoms with Crippen molar-refractivity contribution in [2.24, 2.45) is 0 Å². The molecule has 0 aliphatic carbocycles. The van der Waals surface area contributed by atoms with E-state index in [9.17, 15) is 9.18 Å². The lowest BCUT2D eigenvalue weighted by molar-refractivity contribution is -0.109. The highest BCUT2D eigenvalue weighted by atomic mass is 19.1. The number of halogens is 1. The van der Waals surface area contributed by atoms with Crippen molar-refractivity contribution in [2.45, 2.75) is 65.3 Å². The number of aryl methyl sites for hydroxylation is 3. The summed E-state index contributed by atoms with van der Waals surface area (Å²) >= 11 is 0. The van der Waals surface area contributed by atoms with Gasteiger partial charge in [0.2, 0.25) is 6.79 Å². The minimum Gasteiger partial charge on any atom is -0.494 e. The molecule has 0 radical (unpaired) electrons. The number of benzene rings is 3. The zero-order chi connectivity index (χ0) is 29.4. The Bertz CT molecular complexity index is 1290. The SMILES string of the molecule is CCCOc1ccc([C@H]2C[C@@H](c3cc4c(cc3F)OCO4)CN2CC=O)cc1.CCc1cc(C)cc(CC)c1NC. The first kappa shape index (κ1) is 30.4. The van der Waals surface area contributed by atoms with Crippen LogP contribution in [0.25, 0.3) is 0 Å². The normalized spacial score (nSPS) is 17.6. The molecule has 220 valence electrons. The third-order valence-electron chi connectivity index (χ3n) is 7.84. The van der Waals surface area contributed by atoms with Gasteiger partial charge < -0.3 is 24.3 Å². The van der Waals surface area contributed by atoms with Crippen LogP contribution in [0.3, 0.4) is 0 Å². The van der Waals surface area contributed by atoms with Gasteiger partial charge in [-0.15, -0.1) is 0 Å². The van der Waals surface area contributed by atoms with Crippen molar-refractivity contribution in [2.75, 3.05) is 38.9 Å². The van der Waals surface area contributed by atoms with Crippen LogP contribution in [0.5, 0.6) is 17.2 Å². The van der Waals surface area contributed by atoms with E-state index in [1.165, 1.54) is 28.4 Å². The second-order valence-electron chi connectivity index (χ2n) is 10.6. The molecule has 1 N–H and O–H groups in total. The van der Waals surface area contributed by atoms with Gasteiger partial charge in [0.25, 0.3) is 0 Å². The molecule has 1 fully saturated rings. The smallest absolute Gasteiger partial charge is 0.231 e. The average molecular weight is 563 g/mol. The Morgan fingerprint density at radius 3 is 2.27 bits per heavy atom. The van der Waals surface area contributed by atoms with E-state index in [1.54, 1.807) is 6.07 Å². The number of ether oxygens (including phenoxy) is 3. The highest BCUT2D eigenvalue weighted by Gasteiger charge is 2.35. The molecule has 0 spiro atoms. The van der Waals surface area contributed by atoms with Gasteiger partial charge in [0.1, 0.15) is 17.9 Å². The van der Waals surface area contributed by atoms with Gasteiger partial charge in [0.05, 0.1) is 13.2 Å². The Labute approximate surface area is 243 Å². The highest BCUT2D eigenvalue weighted by Crippen LogP contribution is 2.44. The molecular formula is C34H43FN2O4. The molecule has 2 heterocycles. The van der Waals surface area contributed by atoms with Gasteiger partial charge in [-0.05, 0) is 73.1 Å². The molecule has 0 saturated carbocycles. The second kappa shape index (κ2) is 14.4. The monoisotopic (exact) mass is 562 g/mol. The van der Waals surface area contributed by atoms with Crippen LogP contribution in [0.1, 0.15) is 73.4 Å². The fourth-order valence-electron chi connectivity index (χ4n) is 5.85. The number of rotatable bonds is 10. The highest BCUT2D eigenvalue weighted by molar-refractivity contribution is 5.59. The van der Waals surface area contributed by atoms with Crippen LogP contribution in [0.15, 0.2) is 48.5 Å². The van der Waals surface area contributed by atoms with Crippen molar-refractivity contribution in [3.05, 3.63) is 82.2 Å². The second-order valence-corrected chi connectivity index (χ2v) is 10.6. The number of carbonyl (C=O) groups excluding carboxylic acids is 1. The molecule has 0 bridgehead atoms. The topological polar surface area (TPSA) is 60.0 Å². The number of aldehydes is 1. The van der Waals surface area contributed by atoms with E-state index >= 15 is 0 Å². The Morgan fingerprint density at radius 2 is 1.68 bits per heavy atom. The summed E-state index contributed by atoms with van der Waals surface area (Å²) in [7, 11) is 2.00. The number of nitrogens with one attached hydrogen (secondary N) is 1. The van der Waals surface area contributed by atoms with Crippen LogP contribution in [0.2, 0.25) is 0 Å². The molecule has 3 aromatic carbocycles. The van der Waals surface area contributed by atoms with Crippen LogP contribution in [0, 0.1) is 12.7 Å². The third-order valence-corrected chi connectivity index (χ3v) is 7.84. The van der Waals surface area contributed by atoms with Crippen molar-refractivity contribution in [1.82, 2.24) is 4.90 Å². The van der Waals surface area contributed by atoms with E-state index in [0.29, 0.717) is 36.8 Å². The minimum atomic E-state index is -0.288. The van der Waals surface area contributed by atoms with Gasteiger partial charge in [-0.3, -0.25) is 4.90 Å². The van der Waals surface area contributed by atoms with Crippen molar-refractivity contribution >= 4 is 12.0 Å². The number of hydrogen-bond acceptors (Lipinski definition) is 6. The molecule has 6 nitrogen and oxygen atoms in total. The summed E-state index contributed by atoms with van der Waals surface area (Å²) in [5, 5.41) is 3.29. The molecule has 1 saturated heterocycles. The van der Waals surface area contributed by atoms with Crippen molar-refractivity contribution in [3.8, 4) is 17.2 Å². The molecule has 0 aromatic heterocycles. The summed E-state index contributed by atoms with van der Waals surface area (Å²) < 4.78 is 31.0. The molecular weight excluding hydrogens is 519 g/mol. The molecule has 41 heavy (non-hydrogen) atoms. The Morgan fingerprint density at radius 1 is 1.02 bits per heavy atom. The number of carbonyl (C=O) groups is 1. The summed E-state index contributed by atoms with van der Waals surface area (Å²) in [6.45, 7) is 10.4. The van der Waals surface area contributed by atoms with E-state index in [4.69, 9.17) is 14.2 Å². The minimum absolute atomic E-state index is 0.0181. The molecule has 2 aliphatic rings. The molecule has 2 aliphatic heterocycles. The van der Waals surface area contributed by atoms with Crippen LogP contribution in [0.4, 0.5) is 10.1 Å². The predicted octanol–water partition coefficient (Wildman–Crippen LogP) is 7.23. The number of nitrogens with zero attached hydrogens (tertiary/aromatic N) is 1. The fraction of sp³-hybridized carbons (Fsp3) is 0.441. The van der Waals surface area contributed by atoms with Crippen molar-refractivity contribution in [1.29, 1.82) is 0 Å². The molecule has 3 aromatic rings. The van der Waals surface area contributed by atoms with E-state index in [2.05, 4.69) is 50.0 Å². The summed E-state index contributed by atoms with van der Waals surface area (Å²) in [4.78, 5) is 13.3. The Hall–Kier alpha value is -3.58. The molecule has 5 rings (SSSR count). The van der Waals surface area contributed by atoms with E-state index in [1.807, 2.05) is 31.3 Å². The maximum Gasteiger partial charge on any atom is 0.231 e. The van der Waals surface area contributed by atoms with Gasteiger partial charge in [0, 0.05) is 37.3 Å².